The van der Waals surface area contributed by atoms with E-state index in [9.17, 15) is 9.90 Å². The summed E-state index contributed by atoms with van der Waals surface area (Å²) < 4.78 is 10.1. The average Bonchev–Trinajstić information content (AvgIpc) is 2.28. The lowest BCUT2D eigenvalue weighted by atomic mass is 10.0. The summed E-state index contributed by atoms with van der Waals surface area (Å²) in [4.78, 5) is 11.5. The van der Waals surface area contributed by atoms with E-state index in [1.165, 1.54) is 12.1 Å². The lowest BCUT2D eigenvalue weighted by Gasteiger charge is -2.19. The van der Waals surface area contributed by atoms with Crippen LogP contribution < -0.4 is 4.74 Å². The van der Waals surface area contributed by atoms with Gasteiger partial charge < -0.3 is 14.6 Å². The zero-order chi connectivity index (χ0) is 14.6. The molecule has 1 unspecified atom stereocenters. The first-order valence-electron chi connectivity index (χ1n) is 6.09. The molecule has 0 aliphatic heterocycles. The minimum Gasteiger partial charge on any atom is -0.508 e. The van der Waals surface area contributed by atoms with Crippen LogP contribution in [0, 0.1) is 0 Å². The number of carbonyl (C=O) groups excluding carboxylic acids is 1. The molecule has 0 spiro atoms. The fraction of sp³-hybridized carbons (Fsp3) is 0.400. The molecule has 1 N–H and O–H groups in total. The molecule has 0 aliphatic rings. The SMILES string of the molecule is C=CC(C)c1cc(OC(=O)OC(C)(C)C)ccc1O. The Labute approximate surface area is 113 Å². The van der Waals surface area contributed by atoms with Crippen LogP contribution in [0.1, 0.15) is 39.2 Å². The lowest BCUT2D eigenvalue weighted by Crippen LogP contribution is -2.26. The van der Waals surface area contributed by atoms with Gasteiger partial charge in [-0.3, -0.25) is 0 Å². The van der Waals surface area contributed by atoms with Crippen molar-refractivity contribution in [3.8, 4) is 11.5 Å². The van der Waals surface area contributed by atoms with Gasteiger partial charge in [-0.2, -0.15) is 0 Å². The van der Waals surface area contributed by atoms with Crippen molar-refractivity contribution in [1.29, 1.82) is 0 Å². The molecule has 0 fully saturated rings. The van der Waals surface area contributed by atoms with Gasteiger partial charge in [-0.25, -0.2) is 4.79 Å². The maximum Gasteiger partial charge on any atom is 0.514 e. The molecular formula is C15H20O4. The van der Waals surface area contributed by atoms with Crippen LogP contribution in [0.2, 0.25) is 0 Å². The second kappa shape index (κ2) is 5.78. The highest BCUT2D eigenvalue weighted by Crippen LogP contribution is 2.30. The lowest BCUT2D eigenvalue weighted by molar-refractivity contribution is 0.0206. The monoisotopic (exact) mass is 264 g/mol. The molecule has 1 atom stereocenters. The molecule has 0 aromatic heterocycles. The highest BCUT2D eigenvalue weighted by Gasteiger charge is 2.18. The van der Waals surface area contributed by atoms with Crippen molar-refractivity contribution in [3.05, 3.63) is 36.4 Å². The minimum absolute atomic E-state index is 0.0396. The predicted octanol–water partition coefficient (Wildman–Crippen LogP) is 4.00. The summed E-state index contributed by atoms with van der Waals surface area (Å²) >= 11 is 0. The summed E-state index contributed by atoms with van der Waals surface area (Å²) in [5, 5.41) is 9.74. The molecule has 1 aromatic carbocycles. The summed E-state index contributed by atoms with van der Waals surface area (Å²) in [5.74, 6) is 0.432. The van der Waals surface area contributed by atoms with E-state index in [-0.39, 0.29) is 11.7 Å². The molecule has 1 aromatic rings. The predicted molar refractivity (Wildman–Crippen MR) is 73.6 cm³/mol. The van der Waals surface area contributed by atoms with Crippen LogP contribution in [0.25, 0.3) is 0 Å². The van der Waals surface area contributed by atoms with Crippen molar-refractivity contribution in [2.24, 2.45) is 0 Å². The number of rotatable bonds is 3. The molecule has 4 nitrogen and oxygen atoms in total. The van der Waals surface area contributed by atoms with E-state index in [2.05, 4.69) is 6.58 Å². The molecule has 0 heterocycles. The number of hydrogen-bond donors (Lipinski definition) is 1. The maximum absolute atomic E-state index is 11.5. The zero-order valence-corrected chi connectivity index (χ0v) is 11.8. The Hall–Kier alpha value is -1.97. The van der Waals surface area contributed by atoms with E-state index < -0.39 is 11.8 Å². The molecule has 19 heavy (non-hydrogen) atoms. The molecule has 0 bridgehead atoms. The molecule has 104 valence electrons. The third-order valence-electron chi connectivity index (χ3n) is 2.43. The van der Waals surface area contributed by atoms with E-state index in [4.69, 9.17) is 9.47 Å². The van der Waals surface area contributed by atoms with Gasteiger partial charge in [-0.15, -0.1) is 6.58 Å². The van der Waals surface area contributed by atoms with Crippen LogP contribution in [0.4, 0.5) is 4.79 Å². The number of allylic oxidation sites excluding steroid dienone is 1. The first kappa shape index (κ1) is 15.1. The number of aromatic hydroxyl groups is 1. The fourth-order valence-corrected chi connectivity index (χ4v) is 1.45. The van der Waals surface area contributed by atoms with Crippen LogP contribution in [0.15, 0.2) is 30.9 Å². The minimum atomic E-state index is -0.768. The second-order valence-corrected chi connectivity index (χ2v) is 5.31. The highest BCUT2D eigenvalue weighted by molar-refractivity contribution is 5.64. The van der Waals surface area contributed by atoms with E-state index in [1.807, 2.05) is 6.92 Å². The largest absolute Gasteiger partial charge is 0.514 e. The maximum atomic E-state index is 11.5. The molecule has 0 saturated heterocycles. The van der Waals surface area contributed by atoms with Crippen LogP contribution in [0.3, 0.4) is 0 Å². The molecule has 0 amide bonds. The zero-order valence-electron chi connectivity index (χ0n) is 11.8. The van der Waals surface area contributed by atoms with Gasteiger partial charge in [0.05, 0.1) is 0 Å². The molecule has 0 aliphatic carbocycles. The van der Waals surface area contributed by atoms with E-state index in [1.54, 1.807) is 32.9 Å². The van der Waals surface area contributed by atoms with Crippen molar-refractivity contribution in [3.63, 3.8) is 0 Å². The summed E-state index contributed by atoms with van der Waals surface area (Å²) in [6, 6.07) is 4.60. The molecule has 0 radical (unpaired) electrons. The van der Waals surface area contributed by atoms with Crippen LogP contribution in [0.5, 0.6) is 11.5 Å². The first-order valence-corrected chi connectivity index (χ1v) is 6.09. The van der Waals surface area contributed by atoms with Gasteiger partial charge in [0.2, 0.25) is 0 Å². The van der Waals surface area contributed by atoms with Crippen LogP contribution in [-0.2, 0) is 4.74 Å². The quantitative estimate of drug-likeness (QED) is 0.509. The van der Waals surface area contributed by atoms with Gasteiger partial charge in [-0.05, 0) is 39.0 Å². The first-order chi connectivity index (χ1) is 8.73. The van der Waals surface area contributed by atoms with Gasteiger partial charge in [0.15, 0.2) is 0 Å². The van der Waals surface area contributed by atoms with Gasteiger partial charge in [0.25, 0.3) is 0 Å². The number of carbonyl (C=O) groups is 1. The van der Waals surface area contributed by atoms with Gasteiger partial charge in [0, 0.05) is 11.5 Å². The topological polar surface area (TPSA) is 55.8 Å². The Kier molecular flexibility index (Phi) is 4.59. The Morgan fingerprint density at radius 1 is 1.42 bits per heavy atom. The standard InChI is InChI=1S/C15H20O4/c1-6-10(2)12-9-11(7-8-13(12)16)18-14(17)19-15(3,4)5/h6-10,16H,1H2,2-5H3. The summed E-state index contributed by atoms with van der Waals surface area (Å²) in [6.45, 7) is 10.8. The smallest absolute Gasteiger partial charge is 0.508 e. The summed E-state index contributed by atoms with van der Waals surface area (Å²) in [6.07, 6.45) is 0.933. The Morgan fingerprint density at radius 2 is 2.05 bits per heavy atom. The average molecular weight is 264 g/mol. The van der Waals surface area contributed by atoms with Crippen molar-refractivity contribution < 1.29 is 19.4 Å². The van der Waals surface area contributed by atoms with E-state index in [0.717, 1.165) is 0 Å². The number of ether oxygens (including phenoxy) is 2. The Bertz CT molecular complexity index is 472. The molecule has 1 rings (SSSR count). The third-order valence-corrected chi connectivity index (χ3v) is 2.43. The molecule has 0 saturated carbocycles. The van der Waals surface area contributed by atoms with Crippen molar-refractivity contribution in [2.45, 2.75) is 39.2 Å². The second-order valence-electron chi connectivity index (χ2n) is 5.31. The highest BCUT2D eigenvalue weighted by atomic mass is 16.7. The van der Waals surface area contributed by atoms with Crippen molar-refractivity contribution >= 4 is 6.16 Å². The van der Waals surface area contributed by atoms with Crippen molar-refractivity contribution in [2.75, 3.05) is 0 Å². The van der Waals surface area contributed by atoms with Gasteiger partial charge in [0.1, 0.15) is 17.1 Å². The third kappa shape index (κ3) is 4.66. The number of phenols is 1. The normalized spacial score (nSPS) is 12.6. The Balaban J connectivity index is 2.86. The fourth-order valence-electron chi connectivity index (χ4n) is 1.45. The molecular weight excluding hydrogens is 244 g/mol. The van der Waals surface area contributed by atoms with E-state index in [0.29, 0.717) is 11.3 Å². The number of benzene rings is 1. The Morgan fingerprint density at radius 3 is 2.58 bits per heavy atom. The van der Waals surface area contributed by atoms with Gasteiger partial charge in [-0.1, -0.05) is 13.0 Å². The van der Waals surface area contributed by atoms with Crippen LogP contribution in [-0.4, -0.2) is 16.9 Å². The summed E-state index contributed by atoms with van der Waals surface area (Å²) in [7, 11) is 0. The van der Waals surface area contributed by atoms with Crippen LogP contribution >= 0.6 is 0 Å². The molecule has 4 heteroatoms. The number of hydrogen-bond acceptors (Lipinski definition) is 4. The van der Waals surface area contributed by atoms with Gasteiger partial charge >= 0.3 is 6.16 Å². The number of phenolic OH excluding ortho intramolecular Hbond substituents is 1. The van der Waals surface area contributed by atoms with Crippen molar-refractivity contribution in [1.82, 2.24) is 0 Å². The van der Waals surface area contributed by atoms with E-state index >= 15 is 0 Å². The summed E-state index contributed by atoms with van der Waals surface area (Å²) in [5.41, 5.74) is 0.0432.